The molecule has 0 spiro atoms. The van der Waals surface area contributed by atoms with Crippen molar-refractivity contribution in [3.05, 3.63) is 35.4 Å². The second-order valence-corrected chi connectivity index (χ2v) is 6.55. The van der Waals surface area contributed by atoms with E-state index in [4.69, 9.17) is 0 Å². The van der Waals surface area contributed by atoms with E-state index >= 15 is 0 Å². The number of carbonyl (C=O) groups is 1. The highest BCUT2D eigenvalue weighted by atomic mass is 16.2. The third-order valence-electron chi connectivity index (χ3n) is 4.27. The molecular formula is C21H34N2O. The van der Waals surface area contributed by atoms with Crippen LogP contribution in [0.25, 0.3) is 0 Å². The van der Waals surface area contributed by atoms with Crippen LogP contribution in [0.5, 0.6) is 0 Å². The largest absolute Gasteiger partial charge is 0.273 e. The Morgan fingerprint density at radius 2 is 1.54 bits per heavy atom. The molecule has 0 heterocycles. The van der Waals surface area contributed by atoms with E-state index in [1.54, 1.807) is 0 Å². The van der Waals surface area contributed by atoms with Gasteiger partial charge in [-0.25, -0.2) is 5.43 Å². The lowest BCUT2D eigenvalue weighted by Crippen LogP contribution is -2.18. The fourth-order valence-corrected chi connectivity index (χ4v) is 2.71. The topological polar surface area (TPSA) is 41.5 Å². The van der Waals surface area contributed by atoms with Crippen molar-refractivity contribution in [1.82, 2.24) is 5.43 Å². The first-order valence-electron chi connectivity index (χ1n) is 9.59. The van der Waals surface area contributed by atoms with Crippen LogP contribution in [-0.2, 0) is 11.2 Å². The van der Waals surface area contributed by atoms with E-state index in [2.05, 4.69) is 48.6 Å². The third kappa shape index (κ3) is 8.85. The minimum Gasteiger partial charge on any atom is -0.273 e. The zero-order valence-corrected chi connectivity index (χ0v) is 15.7. The fraction of sp³-hybridized carbons (Fsp3) is 0.619. The Hall–Kier alpha value is -1.64. The van der Waals surface area contributed by atoms with E-state index < -0.39 is 0 Å². The minimum absolute atomic E-state index is 0.0190. The maximum atomic E-state index is 11.8. The number of benzene rings is 1. The van der Waals surface area contributed by atoms with Gasteiger partial charge in [-0.3, -0.25) is 4.79 Å². The second kappa shape index (κ2) is 12.7. The van der Waals surface area contributed by atoms with Gasteiger partial charge >= 0.3 is 0 Å². The maximum Gasteiger partial charge on any atom is 0.240 e. The van der Waals surface area contributed by atoms with E-state index in [0.717, 1.165) is 37.0 Å². The Balaban J connectivity index is 2.25. The Labute approximate surface area is 147 Å². The molecule has 24 heavy (non-hydrogen) atoms. The van der Waals surface area contributed by atoms with Crippen molar-refractivity contribution in [2.45, 2.75) is 85.0 Å². The van der Waals surface area contributed by atoms with Gasteiger partial charge in [0.05, 0.1) is 5.71 Å². The summed E-state index contributed by atoms with van der Waals surface area (Å²) in [5.41, 5.74) is 5.94. The summed E-state index contributed by atoms with van der Waals surface area (Å²) in [5, 5.41) is 4.23. The fourth-order valence-electron chi connectivity index (χ4n) is 2.71. The van der Waals surface area contributed by atoms with E-state index in [1.165, 1.54) is 37.7 Å². The molecule has 1 rings (SSSR count). The third-order valence-corrected chi connectivity index (χ3v) is 4.27. The summed E-state index contributed by atoms with van der Waals surface area (Å²) in [4.78, 5) is 11.8. The van der Waals surface area contributed by atoms with Gasteiger partial charge in [0.15, 0.2) is 0 Å². The number of aryl methyl sites for hydroxylation is 1. The number of carbonyl (C=O) groups excluding carboxylic acids is 1. The van der Waals surface area contributed by atoms with Gasteiger partial charge in [0.25, 0.3) is 0 Å². The van der Waals surface area contributed by atoms with Crippen LogP contribution in [0.2, 0.25) is 0 Å². The normalized spacial score (nSPS) is 11.5. The van der Waals surface area contributed by atoms with Gasteiger partial charge in [-0.2, -0.15) is 5.10 Å². The molecule has 0 aromatic heterocycles. The standard InChI is InChI=1S/C21H34N2O/c1-4-6-7-8-9-10-11-13-21(24)23-22-18(3)20-16-14-19(12-5-2)15-17-20/h14-17H,4-13H2,1-3H3,(H,23,24). The highest BCUT2D eigenvalue weighted by Crippen LogP contribution is 2.09. The molecule has 0 atom stereocenters. The van der Waals surface area contributed by atoms with Crippen molar-refractivity contribution < 1.29 is 4.79 Å². The predicted octanol–water partition coefficient (Wildman–Crippen LogP) is 5.62. The molecule has 1 aromatic rings. The Kier molecular flexibility index (Phi) is 10.8. The number of hydrazone groups is 1. The molecule has 0 aliphatic rings. The summed E-state index contributed by atoms with van der Waals surface area (Å²) in [6, 6.07) is 8.43. The molecule has 0 saturated carbocycles. The summed E-state index contributed by atoms with van der Waals surface area (Å²) in [7, 11) is 0. The van der Waals surface area contributed by atoms with Gasteiger partial charge < -0.3 is 0 Å². The smallest absolute Gasteiger partial charge is 0.240 e. The summed E-state index contributed by atoms with van der Waals surface area (Å²) < 4.78 is 0. The summed E-state index contributed by atoms with van der Waals surface area (Å²) in [5.74, 6) is 0.0190. The van der Waals surface area contributed by atoms with Crippen molar-refractivity contribution in [3.63, 3.8) is 0 Å². The van der Waals surface area contributed by atoms with Gasteiger partial charge in [-0.15, -0.1) is 0 Å². The quantitative estimate of drug-likeness (QED) is 0.301. The zero-order chi connectivity index (χ0) is 17.6. The lowest BCUT2D eigenvalue weighted by Gasteiger charge is -2.05. The molecule has 1 aromatic carbocycles. The lowest BCUT2D eigenvalue weighted by atomic mass is 10.1. The van der Waals surface area contributed by atoms with Crippen molar-refractivity contribution >= 4 is 11.6 Å². The number of hydrogen-bond donors (Lipinski definition) is 1. The van der Waals surface area contributed by atoms with Crippen molar-refractivity contribution in [2.24, 2.45) is 5.10 Å². The Morgan fingerprint density at radius 1 is 0.917 bits per heavy atom. The van der Waals surface area contributed by atoms with Crippen molar-refractivity contribution in [1.29, 1.82) is 0 Å². The van der Waals surface area contributed by atoms with E-state index in [0.29, 0.717) is 6.42 Å². The summed E-state index contributed by atoms with van der Waals surface area (Å²) in [6.45, 7) is 6.34. The molecule has 134 valence electrons. The molecule has 0 aliphatic heterocycles. The average Bonchev–Trinajstić information content (AvgIpc) is 2.60. The number of rotatable bonds is 12. The summed E-state index contributed by atoms with van der Waals surface area (Å²) >= 11 is 0. The molecular weight excluding hydrogens is 296 g/mol. The van der Waals surface area contributed by atoms with Crippen LogP contribution in [0.3, 0.4) is 0 Å². The molecule has 0 aliphatic carbocycles. The van der Waals surface area contributed by atoms with Gasteiger partial charge in [-0.1, -0.05) is 83.1 Å². The van der Waals surface area contributed by atoms with Gasteiger partial charge in [-0.05, 0) is 30.9 Å². The number of unbranched alkanes of at least 4 members (excludes halogenated alkanes) is 6. The molecule has 1 N–H and O–H groups in total. The Morgan fingerprint density at radius 3 is 2.17 bits per heavy atom. The highest BCUT2D eigenvalue weighted by molar-refractivity contribution is 5.99. The molecule has 1 amide bonds. The molecule has 0 saturated heterocycles. The van der Waals surface area contributed by atoms with Crippen LogP contribution in [-0.4, -0.2) is 11.6 Å². The number of amides is 1. The number of hydrogen-bond acceptors (Lipinski definition) is 2. The minimum atomic E-state index is 0.0190. The van der Waals surface area contributed by atoms with Crippen LogP contribution in [0.1, 0.15) is 89.7 Å². The Bertz CT molecular complexity index is 491. The molecule has 3 heteroatoms. The first-order chi connectivity index (χ1) is 11.7. The van der Waals surface area contributed by atoms with Crippen molar-refractivity contribution in [2.75, 3.05) is 0 Å². The average molecular weight is 331 g/mol. The first kappa shape index (κ1) is 20.4. The van der Waals surface area contributed by atoms with Crippen LogP contribution in [0, 0.1) is 0 Å². The van der Waals surface area contributed by atoms with Crippen molar-refractivity contribution in [3.8, 4) is 0 Å². The maximum absolute atomic E-state index is 11.8. The van der Waals surface area contributed by atoms with Gasteiger partial charge in [0.1, 0.15) is 0 Å². The van der Waals surface area contributed by atoms with E-state index in [-0.39, 0.29) is 5.91 Å². The molecule has 0 bridgehead atoms. The lowest BCUT2D eigenvalue weighted by molar-refractivity contribution is -0.121. The zero-order valence-electron chi connectivity index (χ0n) is 15.7. The highest BCUT2D eigenvalue weighted by Gasteiger charge is 2.02. The molecule has 0 fully saturated rings. The SMILES string of the molecule is CCCCCCCCCC(=O)NN=C(C)c1ccc(CCC)cc1. The van der Waals surface area contributed by atoms with Gasteiger partial charge in [0, 0.05) is 6.42 Å². The van der Waals surface area contributed by atoms with Gasteiger partial charge in [0.2, 0.25) is 5.91 Å². The number of nitrogens with one attached hydrogen (secondary N) is 1. The monoisotopic (exact) mass is 330 g/mol. The number of nitrogens with zero attached hydrogens (tertiary/aromatic N) is 1. The van der Waals surface area contributed by atoms with Crippen LogP contribution in [0.4, 0.5) is 0 Å². The molecule has 3 nitrogen and oxygen atoms in total. The second-order valence-electron chi connectivity index (χ2n) is 6.55. The van der Waals surface area contributed by atoms with E-state index in [1.807, 2.05) is 6.92 Å². The predicted molar refractivity (Wildman–Crippen MR) is 103 cm³/mol. The first-order valence-corrected chi connectivity index (χ1v) is 9.59. The summed E-state index contributed by atoms with van der Waals surface area (Å²) in [6.07, 6.45) is 11.4. The van der Waals surface area contributed by atoms with E-state index in [9.17, 15) is 4.79 Å². The molecule has 0 radical (unpaired) electrons. The molecule has 0 unspecified atom stereocenters. The van der Waals surface area contributed by atoms with Crippen LogP contribution >= 0.6 is 0 Å². The van der Waals surface area contributed by atoms with Crippen LogP contribution in [0.15, 0.2) is 29.4 Å². The van der Waals surface area contributed by atoms with Crippen LogP contribution < -0.4 is 5.43 Å².